The van der Waals surface area contributed by atoms with E-state index in [4.69, 9.17) is 13.6 Å². The summed E-state index contributed by atoms with van der Waals surface area (Å²) in [7, 11) is 0. The summed E-state index contributed by atoms with van der Waals surface area (Å²) in [6, 6.07) is 10.2. The van der Waals surface area contributed by atoms with Crippen LogP contribution in [0.15, 0.2) is 51.5 Å². The zero-order valence-electron chi connectivity index (χ0n) is 14.0. The van der Waals surface area contributed by atoms with Gasteiger partial charge in [-0.3, -0.25) is 4.79 Å². The Kier molecular flexibility index (Phi) is 4.42. The lowest BCUT2D eigenvalue weighted by Crippen LogP contribution is -2.42. The Labute approximate surface area is 153 Å². The van der Waals surface area contributed by atoms with Gasteiger partial charge in [0.25, 0.3) is 0 Å². The van der Waals surface area contributed by atoms with Crippen molar-refractivity contribution in [2.75, 3.05) is 5.75 Å². The third-order valence-electron chi connectivity index (χ3n) is 4.10. The molecule has 1 saturated heterocycles. The molecular formula is C18H16N2O5S. The molecule has 0 N–H and O–H groups in total. The SMILES string of the molecule is CC(=O)N1[C@H](C(=O)OCc2nc3ccccc3o2)CS[C@H]1c1ccco1. The quantitative estimate of drug-likeness (QED) is 0.650. The lowest BCUT2D eigenvalue weighted by atomic mass is 10.2. The van der Waals surface area contributed by atoms with Crippen molar-refractivity contribution in [3.05, 3.63) is 54.3 Å². The number of aromatic nitrogens is 1. The first-order chi connectivity index (χ1) is 12.6. The summed E-state index contributed by atoms with van der Waals surface area (Å²) < 4.78 is 16.3. The fraction of sp³-hybridized carbons (Fsp3) is 0.278. The standard InChI is InChI=1S/C18H16N2O5S/c1-11(21)20-13(10-26-17(20)15-7-4-8-23-15)18(22)24-9-16-19-12-5-2-3-6-14(12)25-16/h2-8,13,17H,9-10H2,1H3/t13-,17-/m0/s1. The van der Waals surface area contributed by atoms with Gasteiger partial charge < -0.3 is 18.5 Å². The zero-order chi connectivity index (χ0) is 18.1. The van der Waals surface area contributed by atoms with Gasteiger partial charge in [0.05, 0.1) is 6.26 Å². The van der Waals surface area contributed by atoms with E-state index in [0.717, 1.165) is 0 Å². The number of esters is 1. The highest BCUT2D eigenvalue weighted by Gasteiger charge is 2.43. The highest BCUT2D eigenvalue weighted by atomic mass is 32.2. The summed E-state index contributed by atoms with van der Waals surface area (Å²) in [5.74, 6) is 0.711. The molecule has 0 unspecified atom stereocenters. The van der Waals surface area contributed by atoms with Crippen LogP contribution in [0.4, 0.5) is 0 Å². The lowest BCUT2D eigenvalue weighted by molar-refractivity contribution is -0.155. The van der Waals surface area contributed by atoms with E-state index in [9.17, 15) is 9.59 Å². The molecule has 1 aliphatic rings. The van der Waals surface area contributed by atoms with Crippen LogP contribution in [0.5, 0.6) is 0 Å². The smallest absolute Gasteiger partial charge is 0.330 e. The third-order valence-corrected chi connectivity index (χ3v) is 5.38. The summed E-state index contributed by atoms with van der Waals surface area (Å²) in [5.41, 5.74) is 1.34. The molecule has 0 bridgehead atoms. The summed E-state index contributed by atoms with van der Waals surface area (Å²) in [4.78, 5) is 30.4. The minimum absolute atomic E-state index is 0.0775. The van der Waals surface area contributed by atoms with E-state index in [1.165, 1.54) is 23.6 Å². The second kappa shape index (κ2) is 6.87. The first-order valence-electron chi connectivity index (χ1n) is 8.08. The Bertz CT molecular complexity index is 903. The molecule has 1 amide bonds. The third kappa shape index (κ3) is 3.08. The van der Waals surface area contributed by atoms with Crippen LogP contribution in [0.25, 0.3) is 11.1 Å². The van der Waals surface area contributed by atoms with Crippen molar-refractivity contribution in [1.82, 2.24) is 9.88 Å². The van der Waals surface area contributed by atoms with Crippen molar-refractivity contribution in [2.24, 2.45) is 0 Å². The maximum absolute atomic E-state index is 12.5. The predicted molar refractivity (Wildman–Crippen MR) is 94.0 cm³/mol. The summed E-state index contributed by atoms with van der Waals surface area (Å²) >= 11 is 1.47. The number of hydrogen-bond donors (Lipinski definition) is 0. The van der Waals surface area contributed by atoms with Gasteiger partial charge >= 0.3 is 5.97 Å². The molecule has 1 aromatic carbocycles. The molecule has 2 atom stereocenters. The van der Waals surface area contributed by atoms with Crippen molar-refractivity contribution >= 4 is 34.7 Å². The molecule has 3 aromatic rings. The molecule has 26 heavy (non-hydrogen) atoms. The average Bonchev–Trinajstić information content (AvgIpc) is 3.37. The molecule has 7 nitrogen and oxygen atoms in total. The number of ether oxygens (including phenoxy) is 1. The fourth-order valence-corrected chi connectivity index (χ4v) is 4.35. The number of fused-ring (bicyclic) bond motifs is 1. The van der Waals surface area contributed by atoms with Crippen LogP contribution in [-0.4, -0.2) is 33.6 Å². The van der Waals surface area contributed by atoms with E-state index in [2.05, 4.69) is 4.98 Å². The number of rotatable bonds is 4. The summed E-state index contributed by atoms with van der Waals surface area (Å²) in [6.45, 7) is 1.36. The second-order valence-corrected chi connectivity index (χ2v) is 6.94. The van der Waals surface area contributed by atoms with Crippen LogP contribution in [0.3, 0.4) is 0 Å². The number of nitrogens with zero attached hydrogens (tertiary/aromatic N) is 2. The number of carbonyl (C=O) groups is 2. The van der Waals surface area contributed by atoms with E-state index in [1.807, 2.05) is 18.2 Å². The first kappa shape index (κ1) is 16.7. The van der Waals surface area contributed by atoms with Crippen LogP contribution >= 0.6 is 11.8 Å². The van der Waals surface area contributed by atoms with Crippen molar-refractivity contribution < 1.29 is 23.2 Å². The van der Waals surface area contributed by atoms with Crippen LogP contribution in [0, 0.1) is 0 Å². The highest BCUT2D eigenvalue weighted by molar-refractivity contribution is 7.99. The Morgan fingerprint density at radius 2 is 2.15 bits per heavy atom. The number of oxazole rings is 1. The molecule has 0 aliphatic carbocycles. The lowest BCUT2D eigenvalue weighted by Gasteiger charge is -2.25. The molecule has 0 saturated carbocycles. The molecule has 0 radical (unpaired) electrons. The number of thioether (sulfide) groups is 1. The minimum Gasteiger partial charge on any atom is -0.466 e. The topological polar surface area (TPSA) is 85.8 Å². The van der Waals surface area contributed by atoms with Gasteiger partial charge in [-0.05, 0) is 24.3 Å². The van der Waals surface area contributed by atoms with Gasteiger partial charge in [-0.2, -0.15) is 0 Å². The number of para-hydroxylation sites is 2. The van der Waals surface area contributed by atoms with Crippen molar-refractivity contribution in [3.8, 4) is 0 Å². The van der Waals surface area contributed by atoms with Gasteiger partial charge in [-0.1, -0.05) is 12.1 Å². The molecule has 0 spiro atoms. The Balaban J connectivity index is 1.46. The van der Waals surface area contributed by atoms with Crippen LogP contribution in [0.2, 0.25) is 0 Å². The van der Waals surface area contributed by atoms with E-state index >= 15 is 0 Å². The van der Waals surface area contributed by atoms with Crippen LogP contribution in [0.1, 0.15) is 23.9 Å². The molecule has 8 heteroatoms. The maximum atomic E-state index is 12.5. The number of carbonyl (C=O) groups excluding carboxylic acids is 2. The average molecular weight is 372 g/mol. The second-order valence-electron chi connectivity index (χ2n) is 5.83. The van der Waals surface area contributed by atoms with E-state index in [-0.39, 0.29) is 17.9 Å². The fourth-order valence-electron chi connectivity index (χ4n) is 2.93. The van der Waals surface area contributed by atoms with Gasteiger partial charge in [-0.25, -0.2) is 9.78 Å². The number of hydrogen-bond acceptors (Lipinski definition) is 7. The molecule has 1 fully saturated rings. The maximum Gasteiger partial charge on any atom is 0.330 e. The monoisotopic (exact) mass is 372 g/mol. The Morgan fingerprint density at radius 1 is 1.31 bits per heavy atom. The molecular weight excluding hydrogens is 356 g/mol. The van der Waals surface area contributed by atoms with E-state index < -0.39 is 12.0 Å². The largest absolute Gasteiger partial charge is 0.466 e. The molecule has 3 heterocycles. The van der Waals surface area contributed by atoms with Crippen LogP contribution < -0.4 is 0 Å². The van der Waals surface area contributed by atoms with Gasteiger partial charge in [0.1, 0.15) is 22.7 Å². The van der Waals surface area contributed by atoms with Crippen molar-refractivity contribution in [2.45, 2.75) is 24.9 Å². The van der Waals surface area contributed by atoms with Crippen LogP contribution in [-0.2, 0) is 20.9 Å². The number of benzene rings is 1. The number of furan rings is 1. The minimum atomic E-state index is -0.669. The van der Waals surface area contributed by atoms with E-state index in [0.29, 0.717) is 28.5 Å². The Morgan fingerprint density at radius 3 is 2.88 bits per heavy atom. The summed E-state index contributed by atoms with van der Waals surface area (Å²) in [5, 5.41) is -0.329. The highest BCUT2D eigenvalue weighted by Crippen LogP contribution is 2.41. The van der Waals surface area contributed by atoms with Gasteiger partial charge in [-0.15, -0.1) is 11.8 Å². The normalized spacial score (nSPS) is 19.8. The number of amides is 1. The van der Waals surface area contributed by atoms with Crippen molar-refractivity contribution in [3.63, 3.8) is 0 Å². The predicted octanol–water partition coefficient (Wildman–Crippen LogP) is 3.13. The molecule has 1 aliphatic heterocycles. The zero-order valence-corrected chi connectivity index (χ0v) is 14.8. The van der Waals surface area contributed by atoms with Gasteiger partial charge in [0.2, 0.25) is 11.8 Å². The van der Waals surface area contributed by atoms with Crippen molar-refractivity contribution in [1.29, 1.82) is 0 Å². The Hall–Kier alpha value is -2.74. The molecule has 2 aromatic heterocycles. The molecule has 4 rings (SSSR count). The van der Waals surface area contributed by atoms with Gasteiger partial charge in [0.15, 0.2) is 12.2 Å². The summed E-state index contributed by atoms with van der Waals surface area (Å²) in [6.07, 6.45) is 1.55. The van der Waals surface area contributed by atoms with E-state index in [1.54, 1.807) is 24.5 Å². The molecule has 134 valence electrons. The van der Waals surface area contributed by atoms with Gasteiger partial charge in [0, 0.05) is 12.7 Å². The first-order valence-corrected chi connectivity index (χ1v) is 9.13.